The number of aromatic nitrogens is 2. The van der Waals surface area contributed by atoms with Gasteiger partial charge in [-0.05, 0) is 20.3 Å². The van der Waals surface area contributed by atoms with Crippen LogP contribution in [0.5, 0.6) is 0 Å². The molecule has 1 rings (SSSR count). The molecule has 1 aromatic heterocycles. The van der Waals surface area contributed by atoms with Crippen LogP contribution in [0.1, 0.15) is 30.9 Å². The van der Waals surface area contributed by atoms with Gasteiger partial charge in [0.05, 0.1) is 0 Å². The Balaban J connectivity index is 2.98. The summed E-state index contributed by atoms with van der Waals surface area (Å²) in [6.07, 6.45) is 0.919. The molecule has 0 aliphatic carbocycles. The summed E-state index contributed by atoms with van der Waals surface area (Å²) in [5, 5.41) is 3.08. The molecule has 0 saturated carbocycles. The fraction of sp³-hybridized carbons (Fsp3) is 0.636. The van der Waals surface area contributed by atoms with Gasteiger partial charge in [-0.15, -0.1) is 0 Å². The van der Waals surface area contributed by atoms with E-state index in [2.05, 4.69) is 22.2 Å². The largest absolute Gasteiger partial charge is 0.374 e. The molecule has 1 heterocycles. The summed E-state index contributed by atoms with van der Waals surface area (Å²) in [7, 11) is 1.87. The van der Waals surface area contributed by atoms with Crippen LogP contribution < -0.4 is 5.32 Å². The van der Waals surface area contributed by atoms with E-state index in [1.807, 2.05) is 20.9 Å². The number of nitrogens with zero attached hydrogens (tertiary/aromatic N) is 2. The summed E-state index contributed by atoms with van der Waals surface area (Å²) < 4.78 is 5.31. The Labute approximate surface area is 91.1 Å². The summed E-state index contributed by atoms with van der Waals surface area (Å²) >= 11 is 0. The Morgan fingerprint density at radius 2 is 2.00 bits per heavy atom. The normalized spacial score (nSPS) is 10.4. The quantitative estimate of drug-likeness (QED) is 0.805. The van der Waals surface area contributed by atoms with Gasteiger partial charge in [0.15, 0.2) is 5.82 Å². The van der Waals surface area contributed by atoms with Crippen LogP contribution in [0, 0.1) is 6.92 Å². The van der Waals surface area contributed by atoms with Crippen molar-refractivity contribution in [2.45, 2.75) is 33.8 Å². The Morgan fingerprint density at radius 1 is 1.27 bits per heavy atom. The molecule has 0 saturated heterocycles. The first kappa shape index (κ1) is 11.9. The van der Waals surface area contributed by atoms with Gasteiger partial charge in [-0.25, -0.2) is 9.97 Å². The standard InChI is InChI=1S/C11H19N3O/c1-5-9-8(3)11(12-4)14-10(13-9)7-15-6-2/h5-7H2,1-4H3,(H,12,13,14). The van der Waals surface area contributed by atoms with Gasteiger partial charge < -0.3 is 10.1 Å². The van der Waals surface area contributed by atoms with Gasteiger partial charge in [-0.3, -0.25) is 0 Å². The number of hydrogen-bond acceptors (Lipinski definition) is 4. The van der Waals surface area contributed by atoms with Crippen LogP contribution in [0.2, 0.25) is 0 Å². The topological polar surface area (TPSA) is 47.0 Å². The molecule has 0 aliphatic heterocycles. The van der Waals surface area contributed by atoms with Crippen molar-refractivity contribution >= 4 is 5.82 Å². The Morgan fingerprint density at radius 3 is 2.53 bits per heavy atom. The van der Waals surface area contributed by atoms with E-state index in [0.717, 1.165) is 29.3 Å². The third-order valence-corrected chi connectivity index (χ3v) is 2.30. The second-order valence-corrected chi connectivity index (χ2v) is 3.30. The lowest BCUT2D eigenvalue weighted by Gasteiger charge is -2.10. The van der Waals surface area contributed by atoms with Gasteiger partial charge in [-0.1, -0.05) is 6.92 Å². The summed E-state index contributed by atoms with van der Waals surface area (Å²) in [6.45, 7) is 7.27. The Bertz CT molecular complexity index is 301. The van der Waals surface area contributed by atoms with Crippen molar-refractivity contribution in [1.29, 1.82) is 0 Å². The van der Waals surface area contributed by atoms with Crippen LogP contribution in [0.4, 0.5) is 5.82 Å². The first-order valence-electron chi connectivity index (χ1n) is 5.34. The molecular formula is C11H19N3O. The van der Waals surface area contributed by atoms with Crippen LogP contribution in [0.25, 0.3) is 0 Å². The van der Waals surface area contributed by atoms with Crippen molar-refractivity contribution < 1.29 is 4.74 Å². The van der Waals surface area contributed by atoms with E-state index in [1.165, 1.54) is 0 Å². The Kier molecular flexibility index (Phi) is 4.49. The second-order valence-electron chi connectivity index (χ2n) is 3.30. The molecule has 0 atom stereocenters. The molecule has 0 aromatic carbocycles. The SMILES string of the molecule is CCOCc1nc(CC)c(C)c(NC)n1. The maximum Gasteiger partial charge on any atom is 0.156 e. The van der Waals surface area contributed by atoms with Gasteiger partial charge in [0.25, 0.3) is 0 Å². The number of aryl methyl sites for hydroxylation is 1. The number of hydrogen-bond donors (Lipinski definition) is 1. The van der Waals surface area contributed by atoms with Crippen LogP contribution in [0.3, 0.4) is 0 Å². The summed E-state index contributed by atoms with van der Waals surface area (Å²) in [6, 6.07) is 0. The van der Waals surface area contributed by atoms with Crippen molar-refractivity contribution in [3.63, 3.8) is 0 Å². The highest BCUT2D eigenvalue weighted by Crippen LogP contribution is 2.15. The minimum absolute atomic E-state index is 0.485. The highest BCUT2D eigenvalue weighted by atomic mass is 16.5. The van der Waals surface area contributed by atoms with Gasteiger partial charge in [-0.2, -0.15) is 0 Å². The molecular weight excluding hydrogens is 190 g/mol. The van der Waals surface area contributed by atoms with E-state index in [1.54, 1.807) is 0 Å². The van der Waals surface area contributed by atoms with Crippen LogP contribution >= 0.6 is 0 Å². The molecule has 0 bridgehead atoms. The molecule has 0 unspecified atom stereocenters. The molecule has 15 heavy (non-hydrogen) atoms. The van der Waals surface area contributed by atoms with E-state index in [-0.39, 0.29) is 0 Å². The smallest absolute Gasteiger partial charge is 0.156 e. The van der Waals surface area contributed by atoms with Crippen molar-refractivity contribution in [3.05, 3.63) is 17.1 Å². The molecule has 0 radical (unpaired) electrons. The zero-order valence-electron chi connectivity index (χ0n) is 9.92. The zero-order chi connectivity index (χ0) is 11.3. The lowest BCUT2D eigenvalue weighted by atomic mass is 10.2. The molecule has 0 amide bonds. The molecule has 1 aromatic rings. The van der Waals surface area contributed by atoms with Gasteiger partial charge in [0.1, 0.15) is 12.4 Å². The summed E-state index contributed by atoms with van der Waals surface area (Å²) in [5.74, 6) is 1.65. The van der Waals surface area contributed by atoms with Crippen molar-refractivity contribution in [3.8, 4) is 0 Å². The minimum atomic E-state index is 0.485. The molecule has 0 aliphatic rings. The molecule has 0 fully saturated rings. The highest BCUT2D eigenvalue weighted by molar-refractivity contribution is 5.45. The fourth-order valence-corrected chi connectivity index (χ4v) is 1.46. The zero-order valence-corrected chi connectivity index (χ0v) is 9.92. The molecule has 0 spiro atoms. The number of ether oxygens (including phenoxy) is 1. The van der Waals surface area contributed by atoms with Crippen LogP contribution in [-0.2, 0) is 17.8 Å². The van der Waals surface area contributed by atoms with E-state index >= 15 is 0 Å². The third-order valence-electron chi connectivity index (χ3n) is 2.30. The maximum absolute atomic E-state index is 5.31. The first-order chi connectivity index (χ1) is 7.22. The average Bonchev–Trinajstić information content (AvgIpc) is 2.27. The molecule has 4 heteroatoms. The number of nitrogens with one attached hydrogen (secondary N) is 1. The van der Waals surface area contributed by atoms with Gasteiger partial charge in [0, 0.05) is 24.9 Å². The average molecular weight is 209 g/mol. The molecule has 1 N–H and O–H groups in total. The number of anilines is 1. The van der Waals surface area contributed by atoms with E-state index in [4.69, 9.17) is 4.74 Å². The van der Waals surface area contributed by atoms with Gasteiger partial charge in [0.2, 0.25) is 0 Å². The maximum atomic E-state index is 5.31. The van der Waals surface area contributed by atoms with Gasteiger partial charge >= 0.3 is 0 Å². The predicted molar refractivity (Wildman–Crippen MR) is 61.0 cm³/mol. The number of rotatable bonds is 5. The Hall–Kier alpha value is -1.16. The van der Waals surface area contributed by atoms with Crippen molar-refractivity contribution in [2.24, 2.45) is 0 Å². The van der Waals surface area contributed by atoms with E-state index < -0.39 is 0 Å². The molecule has 84 valence electrons. The first-order valence-corrected chi connectivity index (χ1v) is 5.34. The minimum Gasteiger partial charge on any atom is -0.374 e. The van der Waals surface area contributed by atoms with E-state index in [0.29, 0.717) is 13.2 Å². The molecule has 4 nitrogen and oxygen atoms in total. The second kappa shape index (κ2) is 5.66. The van der Waals surface area contributed by atoms with Crippen molar-refractivity contribution in [2.75, 3.05) is 19.0 Å². The summed E-state index contributed by atoms with van der Waals surface area (Å²) in [5.41, 5.74) is 2.21. The summed E-state index contributed by atoms with van der Waals surface area (Å²) in [4.78, 5) is 8.85. The lowest BCUT2D eigenvalue weighted by Crippen LogP contribution is -2.08. The van der Waals surface area contributed by atoms with Crippen LogP contribution in [-0.4, -0.2) is 23.6 Å². The third kappa shape index (κ3) is 2.89. The monoisotopic (exact) mass is 209 g/mol. The van der Waals surface area contributed by atoms with Crippen LogP contribution in [0.15, 0.2) is 0 Å². The lowest BCUT2D eigenvalue weighted by molar-refractivity contribution is 0.128. The fourth-order valence-electron chi connectivity index (χ4n) is 1.46. The van der Waals surface area contributed by atoms with E-state index in [9.17, 15) is 0 Å². The van der Waals surface area contributed by atoms with Crippen molar-refractivity contribution in [1.82, 2.24) is 9.97 Å². The predicted octanol–water partition coefficient (Wildman–Crippen LogP) is 1.93. The highest BCUT2D eigenvalue weighted by Gasteiger charge is 2.08.